The van der Waals surface area contributed by atoms with Gasteiger partial charge in [-0.05, 0) is 61.7 Å². The summed E-state index contributed by atoms with van der Waals surface area (Å²) in [4.78, 5) is 16.3. The molecule has 10 nitrogen and oxygen atoms in total. The fourth-order valence-electron chi connectivity index (χ4n) is 8.46. The molecule has 0 bridgehead atoms. The normalized spacial score (nSPS) is 22.5. The Kier molecular flexibility index (Phi) is 7.77. The summed E-state index contributed by atoms with van der Waals surface area (Å²) in [6.45, 7) is 5.97. The number of rotatable bonds is 7. The van der Waals surface area contributed by atoms with Gasteiger partial charge in [0.1, 0.15) is 30.2 Å². The molecule has 2 aromatic heterocycles. The van der Waals surface area contributed by atoms with Gasteiger partial charge in [0.25, 0.3) is 0 Å². The van der Waals surface area contributed by atoms with E-state index >= 15 is 8.78 Å². The maximum atomic E-state index is 15.4. The van der Waals surface area contributed by atoms with Crippen LogP contribution in [0.3, 0.4) is 0 Å². The van der Waals surface area contributed by atoms with E-state index in [9.17, 15) is 9.50 Å². The highest BCUT2D eigenvalue weighted by Gasteiger charge is 2.49. The molecule has 48 heavy (non-hydrogen) atoms. The number of hydrogen-bond donors (Lipinski definition) is 2. The number of alkyl halides is 1. The lowest BCUT2D eigenvalue weighted by molar-refractivity contribution is 0.107. The zero-order valence-corrected chi connectivity index (χ0v) is 27.4. The summed E-state index contributed by atoms with van der Waals surface area (Å²) in [5.41, 5.74) is 3.19. The summed E-state index contributed by atoms with van der Waals surface area (Å²) in [7, 11) is 1.66. The maximum absolute atomic E-state index is 15.4. The summed E-state index contributed by atoms with van der Waals surface area (Å²) < 4.78 is 53.2. The number of aryl methyl sites for hydroxylation is 2. The van der Waals surface area contributed by atoms with E-state index in [1.807, 2.05) is 6.92 Å². The van der Waals surface area contributed by atoms with Gasteiger partial charge >= 0.3 is 6.01 Å². The third-order valence-corrected chi connectivity index (χ3v) is 10.7. The molecule has 6 heterocycles. The zero-order valence-electron chi connectivity index (χ0n) is 27.4. The van der Waals surface area contributed by atoms with Gasteiger partial charge in [0, 0.05) is 62.4 Å². The Morgan fingerprint density at radius 1 is 1.06 bits per heavy atom. The SMILES string of the molecule is CCc1c(F)ccc2cc(O)cc(N3CCc4c(nc(OC[C@@]56CCCN5C[C@H](F)C6)nc4N4CCCn5nc(NC)c(F)c5C4)C3)c12. The third-order valence-electron chi connectivity index (χ3n) is 10.7. The first kappa shape index (κ1) is 31.0. The molecule has 0 amide bonds. The molecule has 8 rings (SSSR count). The number of fused-ring (bicyclic) bond motifs is 4. The largest absolute Gasteiger partial charge is 0.508 e. The Bertz CT molecular complexity index is 1880. The van der Waals surface area contributed by atoms with Crippen LogP contribution >= 0.6 is 0 Å². The quantitative estimate of drug-likeness (QED) is 0.272. The lowest BCUT2D eigenvalue weighted by atomic mass is 9.95. The molecule has 2 N–H and O–H groups in total. The first-order valence-electron chi connectivity index (χ1n) is 17.1. The predicted octanol–water partition coefficient (Wildman–Crippen LogP) is 5.34. The van der Waals surface area contributed by atoms with Crippen LogP contribution in [0.1, 0.15) is 55.1 Å². The second-order valence-electron chi connectivity index (χ2n) is 13.6. The van der Waals surface area contributed by atoms with Crippen molar-refractivity contribution in [1.82, 2.24) is 24.6 Å². The van der Waals surface area contributed by atoms with E-state index in [0.29, 0.717) is 75.7 Å². The highest BCUT2D eigenvalue weighted by atomic mass is 19.1. The molecule has 0 aliphatic carbocycles. The van der Waals surface area contributed by atoms with Crippen molar-refractivity contribution in [3.63, 3.8) is 0 Å². The Hall–Kier alpha value is -4.26. The zero-order chi connectivity index (χ0) is 33.2. The van der Waals surface area contributed by atoms with E-state index < -0.39 is 6.17 Å². The van der Waals surface area contributed by atoms with Gasteiger partial charge in [-0.25, -0.2) is 13.2 Å². The first-order chi connectivity index (χ1) is 23.3. The van der Waals surface area contributed by atoms with Crippen LogP contribution in [0, 0.1) is 11.6 Å². The van der Waals surface area contributed by atoms with Crippen molar-refractivity contribution in [2.75, 3.05) is 55.0 Å². The van der Waals surface area contributed by atoms with E-state index in [2.05, 4.69) is 25.1 Å². The summed E-state index contributed by atoms with van der Waals surface area (Å²) in [5, 5.41) is 19.5. The summed E-state index contributed by atoms with van der Waals surface area (Å²) in [6.07, 6.45) is 3.25. The number of halogens is 3. The van der Waals surface area contributed by atoms with Gasteiger partial charge in [-0.2, -0.15) is 15.1 Å². The molecule has 254 valence electrons. The molecule has 4 aromatic rings. The van der Waals surface area contributed by atoms with E-state index in [4.69, 9.17) is 14.7 Å². The van der Waals surface area contributed by atoms with Gasteiger partial charge in [0.05, 0.1) is 30.0 Å². The van der Waals surface area contributed by atoms with Crippen molar-refractivity contribution in [3.05, 3.63) is 58.4 Å². The van der Waals surface area contributed by atoms with Gasteiger partial charge in [0.2, 0.25) is 0 Å². The molecule has 2 aromatic carbocycles. The van der Waals surface area contributed by atoms with Crippen molar-refractivity contribution in [3.8, 4) is 11.8 Å². The lowest BCUT2D eigenvalue weighted by Gasteiger charge is -2.35. The van der Waals surface area contributed by atoms with Crippen molar-refractivity contribution < 1.29 is 23.0 Å². The minimum absolute atomic E-state index is 0.108. The number of anilines is 3. The van der Waals surface area contributed by atoms with E-state index in [1.54, 1.807) is 29.9 Å². The standard InChI is InChI=1S/C35H41F3N8O2/c1-3-24-26(37)7-6-21-14-23(47)15-28(30(21)24)43-13-8-25-27(18-43)40-34(48-20-35-9-4-11-45(35)17-22(36)16-35)41-33(25)44-10-5-12-46-29(19-44)31(38)32(39-2)42-46/h6-7,14-15,22,47H,3-5,8-13,16-20H2,1-2H3,(H,39,42)/t22-,35+/m1/s1. The number of benzene rings is 2. The molecule has 2 atom stereocenters. The second kappa shape index (κ2) is 12.0. The van der Waals surface area contributed by atoms with Gasteiger partial charge in [-0.15, -0.1) is 0 Å². The Labute approximate surface area is 277 Å². The fourth-order valence-corrected chi connectivity index (χ4v) is 8.46. The van der Waals surface area contributed by atoms with Crippen LogP contribution in [0.2, 0.25) is 0 Å². The molecule has 4 aliphatic rings. The van der Waals surface area contributed by atoms with E-state index in [-0.39, 0.29) is 41.3 Å². The predicted molar refractivity (Wildman–Crippen MR) is 178 cm³/mol. The highest BCUT2D eigenvalue weighted by Crippen LogP contribution is 2.42. The van der Waals surface area contributed by atoms with Gasteiger partial charge in [0.15, 0.2) is 11.6 Å². The van der Waals surface area contributed by atoms with Crippen molar-refractivity contribution >= 4 is 28.1 Å². The number of aromatic nitrogens is 4. The smallest absolute Gasteiger partial charge is 0.318 e. The monoisotopic (exact) mass is 662 g/mol. The minimum Gasteiger partial charge on any atom is -0.508 e. The Morgan fingerprint density at radius 2 is 1.94 bits per heavy atom. The third kappa shape index (κ3) is 5.17. The molecule has 0 radical (unpaired) electrons. The van der Waals surface area contributed by atoms with Gasteiger partial charge in [-0.1, -0.05) is 13.0 Å². The number of hydrogen-bond acceptors (Lipinski definition) is 9. The lowest BCUT2D eigenvalue weighted by Crippen LogP contribution is -2.43. The minimum atomic E-state index is -0.878. The topological polar surface area (TPSA) is 94.8 Å². The first-order valence-corrected chi connectivity index (χ1v) is 17.1. The van der Waals surface area contributed by atoms with Gasteiger partial charge < -0.3 is 25.0 Å². The maximum Gasteiger partial charge on any atom is 0.318 e. The molecule has 0 spiro atoms. The van der Waals surface area contributed by atoms with E-state index in [0.717, 1.165) is 53.5 Å². The van der Waals surface area contributed by atoms with Crippen LogP contribution in [0.25, 0.3) is 10.8 Å². The van der Waals surface area contributed by atoms with Crippen LogP contribution < -0.4 is 19.9 Å². The molecular weight excluding hydrogens is 621 g/mol. The molecule has 13 heteroatoms. The van der Waals surface area contributed by atoms with Crippen molar-refractivity contribution in [1.29, 1.82) is 0 Å². The van der Waals surface area contributed by atoms with Crippen LogP contribution in [0.15, 0.2) is 24.3 Å². The molecule has 0 unspecified atom stereocenters. The molecule has 2 fully saturated rings. The van der Waals surface area contributed by atoms with Gasteiger partial charge in [-0.3, -0.25) is 9.58 Å². The number of nitrogens with zero attached hydrogens (tertiary/aromatic N) is 7. The Balaban J connectivity index is 1.19. The number of ether oxygens (including phenoxy) is 1. The average molecular weight is 663 g/mol. The number of nitrogens with one attached hydrogen (secondary N) is 1. The second-order valence-corrected chi connectivity index (χ2v) is 13.6. The van der Waals surface area contributed by atoms with Crippen LogP contribution in [0.4, 0.5) is 30.5 Å². The van der Waals surface area contributed by atoms with E-state index in [1.165, 1.54) is 6.07 Å². The highest BCUT2D eigenvalue weighted by molar-refractivity contribution is 5.98. The van der Waals surface area contributed by atoms with Crippen LogP contribution in [0.5, 0.6) is 11.8 Å². The number of aromatic hydroxyl groups is 1. The average Bonchev–Trinajstić information content (AvgIpc) is 3.65. The Morgan fingerprint density at radius 3 is 2.77 bits per heavy atom. The number of phenolic OH excluding ortho intramolecular Hbond substituents is 1. The fraction of sp³-hybridized carbons (Fsp3) is 0.514. The summed E-state index contributed by atoms with van der Waals surface area (Å²) in [6, 6.07) is 6.74. The molecular formula is C35H41F3N8O2. The molecule has 4 aliphatic heterocycles. The molecule has 2 saturated heterocycles. The molecule has 0 saturated carbocycles. The summed E-state index contributed by atoms with van der Waals surface area (Å²) in [5.74, 6) is 0.391. The number of phenols is 1. The van der Waals surface area contributed by atoms with Crippen LogP contribution in [-0.2, 0) is 32.5 Å². The van der Waals surface area contributed by atoms with Crippen molar-refractivity contribution in [2.24, 2.45) is 0 Å². The van der Waals surface area contributed by atoms with Crippen molar-refractivity contribution in [2.45, 2.75) is 76.8 Å². The summed E-state index contributed by atoms with van der Waals surface area (Å²) >= 11 is 0. The van der Waals surface area contributed by atoms with Crippen LogP contribution in [-0.4, -0.2) is 81.3 Å².